The first-order valence-electron chi connectivity index (χ1n) is 12.2. The average Bonchev–Trinajstić information content (AvgIpc) is 3.35. The first kappa shape index (κ1) is 28.6. The molecule has 204 valence electrons. The van der Waals surface area contributed by atoms with E-state index in [0.717, 1.165) is 5.69 Å². The van der Waals surface area contributed by atoms with E-state index < -0.39 is 10.0 Å². The Morgan fingerprint density at radius 2 is 1.72 bits per heavy atom. The molecule has 2 N–H and O–H groups in total. The molecule has 1 atom stereocenters. The summed E-state index contributed by atoms with van der Waals surface area (Å²) < 4.78 is 35.2. The first-order chi connectivity index (χ1) is 18.7. The zero-order valence-corrected chi connectivity index (χ0v) is 23.8. The molecule has 0 fully saturated rings. The maximum absolute atomic E-state index is 12.7. The van der Waals surface area contributed by atoms with Crippen molar-refractivity contribution in [2.75, 3.05) is 11.1 Å². The molecule has 4 aromatic rings. The van der Waals surface area contributed by atoms with Crippen LogP contribution in [0, 0.1) is 0 Å². The number of carbonyl (C=O) groups excluding carboxylic acids is 1. The van der Waals surface area contributed by atoms with E-state index in [4.69, 9.17) is 16.3 Å². The van der Waals surface area contributed by atoms with E-state index in [1.54, 1.807) is 43.3 Å². The molecule has 12 heteroatoms. The normalized spacial score (nSPS) is 12.2. The predicted molar refractivity (Wildman–Crippen MR) is 153 cm³/mol. The molecule has 4 rings (SSSR count). The van der Waals surface area contributed by atoms with E-state index in [0.29, 0.717) is 33.9 Å². The Bertz CT molecular complexity index is 1500. The summed E-state index contributed by atoms with van der Waals surface area (Å²) in [7, 11) is -3.62. The molecule has 0 bridgehead atoms. The van der Waals surface area contributed by atoms with E-state index in [-0.39, 0.29) is 29.2 Å². The number of sulfonamides is 1. The third-order valence-corrected chi connectivity index (χ3v) is 8.43. The largest absolute Gasteiger partial charge is 0.486 e. The van der Waals surface area contributed by atoms with E-state index in [1.165, 1.54) is 23.9 Å². The standard InChI is InChI=1S/C27H28ClN5O4S2/c1-3-19(2)32-39(35,36)24-15-11-21(12-16-24)29-26(34)18-38-27-31-30-25(33(27)22-7-5-4-6-8-22)17-37-23-13-9-20(28)10-14-23/h4-16,19,32H,3,17-18H2,1-2H3,(H,29,34). The van der Waals surface area contributed by atoms with Crippen molar-refractivity contribution in [1.82, 2.24) is 19.5 Å². The lowest BCUT2D eigenvalue weighted by Crippen LogP contribution is -2.31. The molecule has 1 unspecified atom stereocenters. The Hall–Kier alpha value is -3.38. The van der Waals surface area contributed by atoms with Gasteiger partial charge in [-0.3, -0.25) is 9.36 Å². The van der Waals surface area contributed by atoms with Crippen LogP contribution in [0.5, 0.6) is 5.75 Å². The van der Waals surface area contributed by atoms with Crippen molar-refractivity contribution in [3.05, 3.63) is 89.7 Å². The lowest BCUT2D eigenvalue weighted by Gasteiger charge is -2.13. The van der Waals surface area contributed by atoms with Crippen molar-refractivity contribution in [2.24, 2.45) is 0 Å². The van der Waals surface area contributed by atoms with Gasteiger partial charge in [0.2, 0.25) is 15.9 Å². The second-order valence-electron chi connectivity index (χ2n) is 8.60. The van der Waals surface area contributed by atoms with Crippen LogP contribution in [0.4, 0.5) is 5.69 Å². The van der Waals surface area contributed by atoms with Crippen LogP contribution in [0.2, 0.25) is 5.02 Å². The average molecular weight is 586 g/mol. The summed E-state index contributed by atoms with van der Waals surface area (Å²) in [6, 6.07) is 22.5. The van der Waals surface area contributed by atoms with Crippen molar-refractivity contribution in [3.63, 3.8) is 0 Å². The topological polar surface area (TPSA) is 115 Å². The molecule has 0 aliphatic heterocycles. The van der Waals surface area contributed by atoms with Crippen molar-refractivity contribution >= 4 is 45.0 Å². The summed E-state index contributed by atoms with van der Waals surface area (Å²) in [5, 5.41) is 12.5. The second kappa shape index (κ2) is 13.1. The summed E-state index contributed by atoms with van der Waals surface area (Å²) in [5.74, 6) is 1.01. The highest BCUT2D eigenvalue weighted by atomic mass is 35.5. The molecule has 0 aliphatic rings. The van der Waals surface area contributed by atoms with Gasteiger partial charge in [-0.2, -0.15) is 0 Å². The van der Waals surface area contributed by atoms with E-state index in [2.05, 4.69) is 20.2 Å². The van der Waals surface area contributed by atoms with Gasteiger partial charge < -0.3 is 10.1 Å². The van der Waals surface area contributed by atoms with Gasteiger partial charge in [-0.15, -0.1) is 10.2 Å². The van der Waals surface area contributed by atoms with Crippen LogP contribution in [0.3, 0.4) is 0 Å². The van der Waals surface area contributed by atoms with Crippen molar-refractivity contribution in [1.29, 1.82) is 0 Å². The highest BCUT2D eigenvalue weighted by molar-refractivity contribution is 7.99. The van der Waals surface area contributed by atoms with Gasteiger partial charge in [0, 0.05) is 22.4 Å². The van der Waals surface area contributed by atoms with Gasteiger partial charge in [0.05, 0.1) is 10.6 Å². The zero-order valence-electron chi connectivity index (χ0n) is 21.4. The van der Waals surface area contributed by atoms with Crippen molar-refractivity contribution < 1.29 is 17.9 Å². The number of carbonyl (C=O) groups is 1. The molecular formula is C27H28ClN5O4S2. The maximum Gasteiger partial charge on any atom is 0.240 e. The number of benzene rings is 3. The number of nitrogens with zero attached hydrogens (tertiary/aromatic N) is 3. The lowest BCUT2D eigenvalue weighted by atomic mass is 10.3. The molecule has 3 aromatic carbocycles. The predicted octanol–water partition coefficient (Wildman–Crippen LogP) is 5.31. The first-order valence-corrected chi connectivity index (χ1v) is 15.0. The molecule has 1 aromatic heterocycles. The highest BCUT2D eigenvalue weighted by Crippen LogP contribution is 2.24. The van der Waals surface area contributed by atoms with Crippen LogP contribution in [-0.2, 0) is 21.4 Å². The Morgan fingerprint density at radius 3 is 2.38 bits per heavy atom. The number of rotatable bonds is 12. The molecule has 1 amide bonds. The smallest absolute Gasteiger partial charge is 0.240 e. The Balaban J connectivity index is 1.41. The second-order valence-corrected chi connectivity index (χ2v) is 11.7. The van der Waals surface area contributed by atoms with Gasteiger partial charge in [-0.05, 0) is 74.0 Å². The third-order valence-electron chi connectivity index (χ3n) is 5.65. The summed E-state index contributed by atoms with van der Waals surface area (Å²) in [6.07, 6.45) is 0.680. The number of halogens is 1. The number of ether oxygens (including phenoxy) is 1. The quantitative estimate of drug-likeness (QED) is 0.217. The van der Waals surface area contributed by atoms with Crippen LogP contribution < -0.4 is 14.8 Å². The van der Waals surface area contributed by atoms with E-state index >= 15 is 0 Å². The van der Waals surface area contributed by atoms with Gasteiger partial charge in [0.25, 0.3) is 0 Å². The summed E-state index contributed by atoms with van der Waals surface area (Å²) >= 11 is 7.18. The fraction of sp³-hybridized carbons (Fsp3) is 0.222. The van der Waals surface area contributed by atoms with Crippen molar-refractivity contribution in [2.45, 2.75) is 43.0 Å². The summed E-state index contributed by atoms with van der Waals surface area (Å²) in [6.45, 7) is 3.87. The zero-order chi connectivity index (χ0) is 27.8. The number of para-hydroxylation sites is 1. The van der Waals surface area contributed by atoms with Gasteiger partial charge in [-0.1, -0.05) is 48.5 Å². The third kappa shape index (κ3) is 7.82. The molecule has 0 radical (unpaired) electrons. The number of thioether (sulfide) groups is 1. The van der Waals surface area contributed by atoms with E-state index in [9.17, 15) is 13.2 Å². The summed E-state index contributed by atoms with van der Waals surface area (Å²) in [4.78, 5) is 12.8. The molecule has 0 saturated heterocycles. The van der Waals surface area contributed by atoms with Gasteiger partial charge >= 0.3 is 0 Å². The number of amides is 1. The molecule has 0 saturated carbocycles. The fourth-order valence-corrected chi connectivity index (χ4v) is 5.69. The Labute approximate surface area is 237 Å². The Morgan fingerprint density at radius 1 is 1.03 bits per heavy atom. The lowest BCUT2D eigenvalue weighted by molar-refractivity contribution is -0.113. The monoisotopic (exact) mass is 585 g/mol. The van der Waals surface area contributed by atoms with E-state index in [1.807, 2.05) is 41.8 Å². The number of aromatic nitrogens is 3. The Kier molecular flexibility index (Phi) is 9.63. The van der Waals surface area contributed by atoms with Gasteiger partial charge in [0.15, 0.2) is 11.0 Å². The minimum Gasteiger partial charge on any atom is -0.486 e. The number of hydrogen-bond donors (Lipinski definition) is 2. The molecular weight excluding hydrogens is 558 g/mol. The van der Waals surface area contributed by atoms with Crippen LogP contribution >= 0.6 is 23.4 Å². The molecule has 0 aliphatic carbocycles. The minimum atomic E-state index is -3.62. The van der Waals surface area contributed by atoms with Crippen LogP contribution in [0.1, 0.15) is 26.1 Å². The number of nitrogens with one attached hydrogen (secondary N) is 2. The van der Waals surface area contributed by atoms with Crippen LogP contribution in [0.15, 0.2) is 88.9 Å². The summed E-state index contributed by atoms with van der Waals surface area (Å²) in [5.41, 5.74) is 1.33. The number of anilines is 1. The minimum absolute atomic E-state index is 0.0681. The molecule has 0 spiro atoms. The molecule has 9 nitrogen and oxygen atoms in total. The number of hydrogen-bond acceptors (Lipinski definition) is 7. The SMILES string of the molecule is CCC(C)NS(=O)(=O)c1ccc(NC(=O)CSc2nnc(COc3ccc(Cl)cc3)n2-c2ccccc2)cc1. The van der Waals surface area contributed by atoms with Gasteiger partial charge in [-0.25, -0.2) is 13.1 Å². The fourth-order valence-electron chi connectivity index (χ4n) is 3.46. The molecule has 39 heavy (non-hydrogen) atoms. The molecule has 1 heterocycles. The van der Waals surface area contributed by atoms with Crippen molar-refractivity contribution in [3.8, 4) is 11.4 Å². The van der Waals surface area contributed by atoms with Crippen LogP contribution in [0.25, 0.3) is 5.69 Å². The maximum atomic E-state index is 12.7. The highest BCUT2D eigenvalue weighted by Gasteiger charge is 2.18. The van der Waals surface area contributed by atoms with Crippen LogP contribution in [-0.4, -0.2) is 40.9 Å². The van der Waals surface area contributed by atoms with Gasteiger partial charge in [0.1, 0.15) is 12.4 Å².